The maximum Gasteiger partial charge on any atom is 0.327 e. The Labute approximate surface area is 132 Å². The maximum atomic E-state index is 12.0. The van der Waals surface area contributed by atoms with Gasteiger partial charge in [-0.05, 0) is 38.0 Å². The molecular formula is C18H28O4. The maximum absolute atomic E-state index is 12.0. The highest BCUT2D eigenvalue weighted by molar-refractivity contribution is 5.83. The van der Waals surface area contributed by atoms with E-state index in [1.54, 1.807) is 6.08 Å². The fourth-order valence-corrected chi connectivity index (χ4v) is 3.01. The summed E-state index contributed by atoms with van der Waals surface area (Å²) in [7, 11) is 0. The molecule has 1 rings (SSSR count). The molecule has 3 unspecified atom stereocenters. The van der Waals surface area contributed by atoms with Crippen LogP contribution < -0.4 is 0 Å². The first-order valence-electron chi connectivity index (χ1n) is 8.33. The molecule has 124 valence electrons. The van der Waals surface area contributed by atoms with Gasteiger partial charge in [0, 0.05) is 18.4 Å². The first kappa shape index (κ1) is 18.6. The summed E-state index contributed by atoms with van der Waals surface area (Å²) in [4.78, 5) is 22.3. The van der Waals surface area contributed by atoms with Crippen LogP contribution in [0.25, 0.3) is 0 Å². The van der Waals surface area contributed by atoms with Gasteiger partial charge in [-0.1, -0.05) is 38.0 Å². The fourth-order valence-electron chi connectivity index (χ4n) is 3.01. The zero-order valence-electron chi connectivity index (χ0n) is 13.4. The van der Waals surface area contributed by atoms with Crippen molar-refractivity contribution >= 4 is 11.8 Å². The minimum Gasteiger partial charge on any atom is -0.478 e. The second kappa shape index (κ2) is 10.3. The predicted molar refractivity (Wildman–Crippen MR) is 86.5 cm³/mol. The van der Waals surface area contributed by atoms with Gasteiger partial charge in [0.05, 0.1) is 6.10 Å². The molecule has 0 saturated heterocycles. The average molecular weight is 308 g/mol. The number of unbranched alkanes of at least 4 members (excludes halogenated alkanes) is 2. The fraction of sp³-hybridized carbons (Fsp3) is 0.667. The highest BCUT2D eigenvalue weighted by atomic mass is 16.4. The molecule has 4 nitrogen and oxygen atoms in total. The van der Waals surface area contributed by atoms with Gasteiger partial charge in [0.1, 0.15) is 5.78 Å². The number of ketones is 1. The van der Waals surface area contributed by atoms with Gasteiger partial charge in [0.2, 0.25) is 0 Å². The van der Waals surface area contributed by atoms with E-state index in [2.05, 4.69) is 0 Å². The summed E-state index contributed by atoms with van der Waals surface area (Å²) >= 11 is 0. The Balaban J connectivity index is 2.35. The smallest absolute Gasteiger partial charge is 0.327 e. The van der Waals surface area contributed by atoms with E-state index in [1.165, 1.54) is 6.08 Å². The minimum atomic E-state index is -0.915. The number of aliphatic hydroxyl groups is 1. The Kier molecular flexibility index (Phi) is 8.75. The molecule has 4 heteroatoms. The lowest BCUT2D eigenvalue weighted by Crippen LogP contribution is -2.14. The van der Waals surface area contributed by atoms with E-state index in [0.29, 0.717) is 12.2 Å². The first-order chi connectivity index (χ1) is 10.5. The third-order valence-corrected chi connectivity index (χ3v) is 4.22. The molecule has 0 spiro atoms. The number of hydrogen-bond acceptors (Lipinski definition) is 3. The van der Waals surface area contributed by atoms with E-state index in [0.717, 1.165) is 44.9 Å². The number of carboxylic acids is 1. The molecule has 0 aromatic heterocycles. The van der Waals surface area contributed by atoms with Crippen LogP contribution in [0.3, 0.4) is 0 Å². The summed E-state index contributed by atoms with van der Waals surface area (Å²) in [5.41, 5.74) is 0. The van der Waals surface area contributed by atoms with Crippen molar-refractivity contribution in [3.05, 3.63) is 24.3 Å². The summed E-state index contributed by atoms with van der Waals surface area (Å²) in [5, 5.41) is 18.2. The molecule has 3 atom stereocenters. The van der Waals surface area contributed by atoms with Crippen molar-refractivity contribution in [2.75, 3.05) is 0 Å². The van der Waals surface area contributed by atoms with Crippen LogP contribution in [0.2, 0.25) is 0 Å². The van der Waals surface area contributed by atoms with Gasteiger partial charge in [0.15, 0.2) is 0 Å². The summed E-state index contributed by atoms with van der Waals surface area (Å²) in [6.45, 7) is 2.04. The van der Waals surface area contributed by atoms with E-state index in [4.69, 9.17) is 5.11 Å². The molecule has 0 aromatic carbocycles. The Morgan fingerprint density at radius 1 is 1.41 bits per heavy atom. The summed E-state index contributed by atoms with van der Waals surface area (Å²) in [6.07, 6.45) is 13.0. The molecule has 0 radical (unpaired) electrons. The van der Waals surface area contributed by atoms with Crippen molar-refractivity contribution in [1.82, 2.24) is 0 Å². The number of Topliss-reactive ketones (excluding diaryl/α,β-unsaturated/α-hetero) is 1. The van der Waals surface area contributed by atoms with Crippen LogP contribution in [0.4, 0.5) is 0 Å². The molecule has 0 heterocycles. The van der Waals surface area contributed by atoms with E-state index in [1.807, 2.05) is 19.1 Å². The molecule has 0 amide bonds. The van der Waals surface area contributed by atoms with Crippen LogP contribution >= 0.6 is 0 Å². The lowest BCUT2D eigenvalue weighted by molar-refractivity contribution is -0.131. The highest BCUT2D eigenvalue weighted by Gasteiger charge is 2.32. The molecule has 1 saturated carbocycles. The minimum absolute atomic E-state index is 0.0773. The van der Waals surface area contributed by atoms with Gasteiger partial charge >= 0.3 is 5.97 Å². The Morgan fingerprint density at radius 2 is 2.18 bits per heavy atom. The van der Waals surface area contributed by atoms with E-state index < -0.39 is 12.1 Å². The third kappa shape index (κ3) is 7.03. The molecule has 2 N–H and O–H groups in total. The Bertz CT molecular complexity index is 411. The summed E-state index contributed by atoms with van der Waals surface area (Å²) in [6, 6.07) is 0. The Morgan fingerprint density at radius 3 is 2.86 bits per heavy atom. The summed E-state index contributed by atoms with van der Waals surface area (Å²) < 4.78 is 0. The molecule has 0 aromatic rings. The lowest BCUT2D eigenvalue weighted by Gasteiger charge is -2.15. The number of allylic oxidation sites excluding steroid dienone is 2. The molecule has 1 aliphatic rings. The van der Waals surface area contributed by atoms with Crippen LogP contribution in [-0.2, 0) is 9.59 Å². The molecule has 1 aliphatic carbocycles. The van der Waals surface area contributed by atoms with E-state index in [9.17, 15) is 14.7 Å². The second-order valence-corrected chi connectivity index (χ2v) is 6.04. The van der Waals surface area contributed by atoms with Gasteiger partial charge in [-0.3, -0.25) is 4.79 Å². The number of aliphatic carboxylic acids is 1. The van der Waals surface area contributed by atoms with Crippen LogP contribution in [-0.4, -0.2) is 28.1 Å². The molecular weight excluding hydrogens is 280 g/mol. The van der Waals surface area contributed by atoms with Gasteiger partial charge < -0.3 is 10.2 Å². The second-order valence-electron chi connectivity index (χ2n) is 6.04. The van der Waals surface area contributed by atoms with Crippen molar-refractivity contribution in [1.29, 1.82) is 0 Å². The van der Waals surface area contributed by atoms with Crippen LogP contribution in [0.5, 0.6) is 0 Å². The zero-order valence-corrected chi connectivity index (χ0v) is 13.4. The SMILES string of the molecule is CCCC(O)/C=C/C1CCC(=O)C1CCCC/C=C/C(=O)O. The first-order valence-corrected chi connectivity index (χ1v) is 8.33. The number of aliphatic hydroxyl groups excluding tert-OH is 1. The molecule has 22 heavy (non-hydrogen) atoms. The van der Waals surface area contributed by atoms with Crippen LogP contribution in [0.1, 0.15) is 58.3 Å². The van der Waals surface area contributed by atoms with Crippen molar-refractivity contribution in [3.8, 4) is 0 Å². The van der Waals surface area contributed by atoms with Gasteiger partial charge in [-0.15, -0.1) is 0 Å². The quantitative estimate of drug-likeness (QED) is 0.368. The van der Waals surface area contributed by atoms with Crippen LogP contribution in [0.15, 0.2) is 24.3 Å². The predicted octanol–water partition coefficient (Wildman–Crippen LogP) is 3.50. The number of rotatable bonds is 10. The van der Waals surface area contributed by atoms with Gasteiger partial charge in [0.25, 0.3) is 0 Å². The Hall–Kier alpha value is -1.42. The third-order valence-electron chi connectivity index (χ3n) is 4.22. The molecule has 1 fully saturated rings. The monoisotopic (exact) mass is 308 g/mol. The van der Waals surface area contributed by atoms with E-state index in [-0.39, 0.29) is 11.8 Å². The van der Waals surface area contributed by atoms with Gasteiger partial charge in [-0.2, -0.15) is 0 Å². The van der Waals surface area contributed by atoms with Crippen molar-refractivity contribution < 1.29 is 19.8 Å². The van der Waals surface area contributed by atoms with Crippen molar-refractivity contribution in [2.45, 2.75) is 64.4 Å². The van der Waals surface area contributed by atoms with E-state index >= 15 is 0 Å². The number of carbonyl (C=O) groups is 2. The lowest BCUT2D eigenvalue weighted by atomic mass is 9.89. The zero-order chi connectivity index (χ0) is 16.4. The standard InChI is InChI=1S/C18H28O4/c1-2-7-15(19)12-10-14-11-13-17(20)16(14)8-5-3-4-6-9-18(21)22/h6,9-10,12,14-16,19H,2-5,7-8,11,13H2,1H3,(H,21,22)/b9-6+,12-10+. The van der Waals surface area contributed by atoms with Crippen LogP contribution in [0, 0.1) is 11.8 Å². The number of carboxylic acid groups (broad SMARTS) is 1. The largest absolute Gasteiger partial charge is 0.478 e. The van der Waals surface area contributed by atoms with Crippen molar-refractivity contribution in [3.63, 3.8) is 0 Å². The average Bonchev–Trinajstić information content (AvgIpc) is 2.81. The number of carbonyl (C=O) groups excluding carboxylic acids is 1. The normalized spacial score (nSPS) is 23.6. The topological polar surface area (TPSA) is 74.6 Å². The molecule has 0 bridgehead atoms. The van der Waals surface area contributed by atoms with Crippen molar-refractivity contribution in [2.24, 2.45) is 11.8 Å². The van der Waals surface area contributed by atoms with Gasteiger partial charge in [-0.25, -0.2) is 4.79 Å². The molecule has 0 aliphatic heterocycles. The highest BCUT2D eigenvalue weighted by Crippen LogP contribution is 2.33. The number of hydrogen-bond donors (Lipinski definition) is 2. The summed E-state index contributed by atoms with van der Waals surface area (Å²) in [5.74, 6) is -0.246.